The average molecular weight is 274 g/mol. The number of hydrogen-bond donors (Lipinski definition) is 1. The summed E-state index contributed by atoms with van der Waals surface area (Å²) in [6, 6.07) is 12.2. The summed E-state index contributed by atoms with van der Waals surface area (Å²) in [4.78, 5) is 2.56. The number of likely N-dealkylation sites (N-methyl/N-ethyl adjacent to an activating group) is 2. The molecule has 1 aromatic carbocycles. The van der Waals surface area contributed by atoms with Crippen molar-refractivity contribution < 1.29 is 0 Å². The van der Waals surface area contributed by atoms with E-state index in [1.165, 1.54) is 44.1 Å². The Kier molecular flexibility index (Phi) is 6.55. The van der Waals surface area contributed by atoms with Crippen molar-refractivity contribution in [2.75, 3.05) is 13.6 Å². The van der Waals surface area contributed by atoms with Gasteiger partial charge in [0.25, 0.3) is 0 Å². The van der Waals surface area contributed by atoms with Crippen molar-refractivity contribution in [2.24, 2.45) is 0 Å². The van der Waals surface area contributed by atoms with Gasteiger partial charge in [0, 0.05) is 18.6 Å². The summed E-state index contributed by atoms with van der Waals surface area (Å²) >= 11 is 0. The summed E-state index contributed by atoms with van der Waals surface area (Å²) in [6.07, 6.45) is 8.25. The highest BCUT2D eigenvalue weighted by Crippen LogP contribution is 2.22. The fraction of sp³-hybridized carbons (Fsp3) is 0.667. The van der Waals surface area contributed by atoms with Crippen LogP contribution in [0.25, 0.3) is 0 Å². The summed E-state index contributed by atoms with van der Waals surface area (Å²) in [6.45, 7) is 4.38. The Morgan fingerprint density at radius 2 is 1.75 bits per heavy atom. The maximum Gasteiger partial charge on any atom is 0.0249 e. The summed E-state index contributed by atoms with van der Waals surface area (Å²) in [5.74, 6) is 0. The first-order valence-corrected chi connectivity index (χ1v) is 8.29. The molecule has 0 aromatic heterocycles. The van der Waals surface area contributed by atoms with Gasteiger partial charge in [-0.05, 0) is 32.0 Å². The standard InChI is InChI=1S/C18H30N2/c1-3-19-17-13-9-4-5-10-14-18(17)20(2)15-16-11-7-6-8-12-16/h6-8,11-12,17-19H,3-5,9-10,13-15H2,1-2H3. The Morgan fingerprint density at radius 3 is 2.45 bits per heavy atom. The van der Waals surface area contributed by atoms with E-state index in [1.54, 1.807) is 0 Å². The minimum atomic E-state index is 0.661. The van der Waals surface area contributed by atoms with Gasteiger partial charge in [0.15, 0.2) is 0 Å². The number of nitrogens with one attached hydrogen (secondary N) is 1. The van der Waals surface area contributed by atoms with Gasteiger partial charge >= 0.3 is 0 Å². The molecular formula is C18H30N2. The van der Waals surface area contributed by atoms with Crippen LogP contribution in [0, 0.1) is 0 Å². The third-order valence-corrected chi connectivity index (χ3v) is 4.54. The lowest BCUT2D eigenvalue weighted by atomic mass is 9.91. The summed E-state index contributed by atoms with van der Waals surface area (Å²) in [5.41, 5.74) is 1.42. The smallest absolute Gasteiger partial charge is 0.0249 e. The molecule has 0 saturated heterocycles. The monoisotopic (exact) mass is 274 g/mol. The van der Waals surface area contributed by atoms with E-state index in [1.807, 2.05) is 0 Å². The second-order valence-electron chi connectivity index (χ2n) is 6.12. The molecular weight excluding hydrogens is 244 g/mol. The molecule has 1 fully saturated rings. The Balaban J connectivity index is 2.00. The molecule has 2 heteroatoms. The molecule has 112 valence electrons. The van der Waals surface area contributed by atoms with Crippen LogP contribution in [0.5, 0.6) is 0 Å². The average Bonchev–Trinajstić information content (AvgIpc) is 2.43. The minimum Gasteiger partial charge on any atom is -0.313 e. The Hall–Kier alpha value is -0.860. The first-order chi connectivity index (χ1) is 9.81. The third-order valence-electron chi connectivity index (χ3n) is 4.54. The first-order valence-electron chi connectivity index (χ1n) is 8.29. The van der Waals surface area contributed by atoms with Crippen LogP contribution in [-0.2, 0) is 6.54 Å². The second kappa shape index (κ2) is 8.43. The van der Waals surface area contributed by atoms with Gasteiger partial charge in [0.05, 0.1) is 0 Å². The fourth-order valence-electron chi connectivity index (χ4n) is 3.48. The van der Waals surface area contributed by atoms with E-state index in [-0.39, 0.29) is 0 Å². The van der Waals surface area contributed by atoms with Crippen molar-refractivity contribution in [1.82, 2.24) is 10.2 Å². The molecule has 1 aliphatic carbocycles. The maximum atomic E-state index is 3.73. The SMILES string of the molecule is CCNC1CCCCCCC1N(C)Cc1ccccc1. The number of benzene rings is 1. The van der Waals surface area contributed by atoms with E-state index < -0.39 is 0 Å². The predicted molar refractivity (Wildman–Crippen MR) is 86.9 cm³/mol. The van der Waals surface area contributed by atoms with Crippen molar-refractivity contribution in [1.29, 1.82) is 0 Å². The molecule has 0 amide bonds. The van der Waals surface area contributed by atoms with Gasteiger partial charge in [0.1, 0.15) is 0 Å². The van der Waals surface area contributed by atoms with Gasteiger partial charge in [-0.15, -0.1) is 0 Å². The van der Waals surface area contributed by atoms with Crippen molar-refractivity contribution in [3.05, 3.63) is 35.9 Å². The topological polar surface area (TPSA) is 15.3 Å². The van der Waals surface area contributed by atoms with E-state index in [4.69, 9.17) is 0 Å². The molecule has 1 N–H and O–H groups in total. The second-order valence-corrected chi connectivity index (χ2v) is 6.12. The predicted octanol–water partition coefficient (Wildman–Crippen LogP) is 3.82. The van der Waals surface area contributed by atoms with Crippen LogP contribution in [0.1, 0.15) is 51.0 Å². The highest BCUT2D eigenvalue weighted by atomic mass is 15.2. The van der Waals surface area contributed by atoms with E-state index in [0.29, 0.717) is 12.1 Å². The van der Waals surface area contributed by atoms with Gasteiger partial charge < -0.3 is 5.32 Å². The zero-order valence-corrected chi connectivity index (χ0v) is 13.1. The van der Waals surface area contributed by atoms with Crippen molar-refractivity contribution >= 4 is 0 Å². The summed E-state index contributed by atoms with van der Waals surface area (Å²) < 4.78 is 0. The molecule has 1 saturated carbocycles. The van der Waals surface area contributed by atoms with Crippen LogP contribution in [0.15, 0.2) is 30.3 Å². The van der Waals surface area contributed by atoms with E-state index in [0.717, 1.165) is 13.1 Å². The van der Waals surface area contributed by atoms with Crippen LogP contribution < -0.4 is 5.32 Å². The molecule has 1 aromatic rings. The molecule has 2 nitrogen and oxygen atoms in total. The molecule has 2 atom stereocenters. The maximum absolute atomic E-state index is 3.73. The van der Waals surface area contributed by atoms with Gasteiger partial charge in [-0.1, -0.05) is 62.9 Å². The zero-order valence-electron chi connectivity index (χ0n) is 13.1. The largest absolute Gasteiger partial charge is 0.313 e. The van der Waals surface area contributed by atoms with E-state index in [2.05, 4.69) is 54.5 Å². The molecule has 2 rings (SSSR count). The Bertz CT molecular complexity index is 363. The van der Waals surface area contributed by atoms with Crippen LogP contribution in [0.2, 0.25) is 0 Å². The van der Waals surface area contributed by atoms with Crippen molar-refractivity contribution in [2.45, 2.75) is 64.1 Å². The molecule has 0 aliphatic heterocycles. The van der Waals surface area contributed by atoms with Gasteiger partial charge in [0.2, 0.25) is 0 Å². The number of hydrogen-bond acceptors (Lipinski definition) is 2. The van der Waals surface area contributed by atoms with Crippen LogP contribution >= 0.6 is 0 Å². The number of rotatable bonds is 5. The Labute approximate surface area is 124 Å². The van der Waals surface area contributed by atoms with Gasteiger partial charge in [-0.2, -0.15) is 0 Å². The summed E-state index contributed by atoms with van der Waals surface area (Å²) in [7, 11) is 2.30. The molecule has 0 spiro atoms. The van der Waals surface area contributed by atoms with Crippen molar-refractivity contribution in [3.8, 4) is 0 Å². The third kappa shape index (κ3) is 4.60. The molecule has 20 heavy (non-hydrogen) atoms. The van der Waals surface area contributed by atoms with Crippen LogP contribution in [-0.4, -0.2) is 30.6 Å². The zero-order chi connectivity index (χ0) is 14.2. The minimum absolute atomic E-state index is 0.661. The molecule has 2 unspecified atom stereocenters. The summed E-state index contributed by atoms with van der Waals surface area (Å²) in [5, 5.41) is 3.73. The lowest BCUT2D eigenvalue weighted by molar-refractivity contribution is 0.157. The lowest BCUT2D eigenvalue weighted by Crippen LogP contribution is -2.48. The fourth-order valence-corrected chi connectivity index (χ4v) is 3.48. The molecule has 0 radical (unpaired) electrons. The van der Waals surface area contributed by atoms with E-state index >= 15 is 0 Å². The molecule has 0 bridgehead atoms. The Morgan fingerprint density at radius 1 is 1.05 bits per heavy atom. The van der Waals surface area contributed by atoms with Crippen LogP contribution in [0.4, 0.5) is 0 Å². The quantitative estimate of drug-likeness (QED) is 0.878. The lowest BCUT2D eigenvalue weighted by Gasteiger charge is -2.36. The highest BCUT2D eigenvalue weighted by molar-refractivity contribution is 5.14. The van der Waals surface area contributed by atoms with E-state index in [9.17, 15) is 0 Å². The van der Waals surface area contributed by atoms with Crippen LogP contribution in [0.3, 0.4) is 0 Å². The van der Waals surface area contributed by atoms with Gasteiger partial charge in [-0.25, -0.2) is 0 Å². The van der Waals surface area contributed by atoms with Crippen molar-refractivity contribution in [3.63, 3.8) is 0 Å². The van der Waals surface area contributed by atoms with Gasteiger partial charge in [-0.3, -0.25) is 4.90 Å². The molecule has 1 aliphatic rings. The first kappa shape index (κ1) is 15.5. The highest BCUT2D eigenvalue weighted by Gasteiger charge is 2.25. The normalized spacial score (nSPS) is 24.4. The number of nitrogens with zero attached hydrogens (tertiary/aromatic N) is 1. The molecule has 0 heterocycles.